The van der Waals surface area contributed by atoms with E-state index in [4.69, 9.17) is 23.7 Å². The zero-order valence-electron chi connectivity index (χ0n) is 31.6. The first-order valence-electron chi connectivity index (χ1n) is 19.6. The van der Waals surface area contributed by atoms with Gasteiger partial charge in [0.2, 0.25) is 0 Å². The van der Waals surface area contributed by atoms with Crippen molar-refractivity contribution >= 4 is 0 Å². The summed E-state index contributed by atoms with van der Waals surface area (Å²) >= 11 is 0. The lowest BCUT2D eigenvalue weighted by Gasteiger charge is -2.66. The predicted octanol–water partition coefficient (Wildman–Crippen LogP) is 0.0474. The largest absolute Gasteiger partial charge is 0.394 e. The van der Waals surface area contributed by atoms with Gasteiger partial charge in [-0.05, 0) is 79.4 Å². The molecule has 2 heterocycles. The molecule has 6 fully saturated rings. The van der Waals surface area contributed by atoms with Crippen LogP contribution in [0.15, 0.2) is 0 Å². The molecule has 9 N–H and O–H groups in total. The Morgan fingerprint density at radius 1 is 0.808 bits per heavy atom. The van der Waals surface area contributed by atoms with Crippen molar-refractivity contribution in [1.82, 2.24) is 0 Å². The van der Waals surface area contributed by atoms with E-state index in [1.807, 2.05) is 20.8 Å². The summed E-state index contributed by atoms with van der Waals surface area (Å²) in [5, 5.41) is 98.9. The van der Waals surface area contributed by atoms with Crippen LogP contribution < -0.4 is 0 Å². The lowest BCUT2D eigenvalue weighted by molar-refractivity contribution is -0.320. The van der Waals surface area contributed by atoms with E-state index in [-0.39, 0.29) is 42.8 Å². The minimum atomic E-state index is -1.35. The third-order valence-corrected chi connectivity index (χ3v) is 14.9. The molecule has 0 radical (unpaired) electrons. The molecule has 0 spiro atoms. The van der Waals surface area contributed by atoms with Gasteiger partial charge in [0, 0.05) is 25.4 Å². The molecule has 0 aromatic carbocycles. The molecule has 52 heavy (non-hydrogen) atoms. The number of hydrogen-bond donors (Lipinski definition) is 9. The smallest absolute Gasteiger partial charge is 0.186 e. The SMILES string of the molecule is CO[C@H]1[C@H](O[C@H]2CC[C@@]3(C)C(C2O)[C@H](O)CC2(O)C3CC[C@@]3(C)C2[C@@H](O)C[C@@H]3[C@H](C)CC[C@H](O[C@@H]2O[C@@H](CO)[C@H](O)[C@H]2O)C(C)C)OC[C@@H](O)[C@@H]1O. The summed E-state index contributed by atoms with van der Waals surface area (Å²) in [4.78, 5) is 0. The number of ether oxygens (including phenoxy) is 5. The molecule has 21 atom stereocenters. The second kappa shape index (κ2) is 15.4. The van der Waals surface area contributed by atoms with Crippen LogP contribution >= 0.6 is 0 Å². The van der Waals surface area contributed by atoms with E-state index < -0.39 is 108 Å². The first kappa shape index (κ1) is 41.1. The van der Waals surface area contributed by atoms with Crippen molar-refractivity contribution in [2.75, 3.05) is 20.3 Å². The Hall–Kier alpha value is -0.560. The van der Waals surface area contributed by atoms with Gasteiger partial charge in [-0.1, -0.05) is 34.6 Å². The van der Waals surface area contributed by atoms with Crippen molar-refractivity contribution < 1.29 is 69.6 Å². The van der Waals surface area contributed by atoms with E-state index >= 15 is 0 Å². The normalized spacial score (nSPS) is 53.3. The number of aliphatic hydroxyl groups is 9. The summed E-state index contributed by atoms with van der Waals surface area (Å²) in [7, 11) is 1.39. The number of hydrogen-bond acceptors (Lipinski definition) is 14. The van der Waals surface area contributed by atoms with Crippen LogP contribution in [-0.2, 0) is 23.7 Å². The standard InChI is InChI=1S/C38H66O14/c1-17(2)23(50-34-31(46)30(45)25(15-39)52-34)8-7-18(3)19-13-20(40)33-36(19,4)12-10-26-37(5)11-9-24(29(44)27(37)21(41)14-38(26,33)47)51-35-32(48-6)28(43)22(42)16-49-35/h17-35,39-47H,7-16H2,1-6H3/t18-,19-,20+,21-,22-,23+,24+,25+,26?,27?,28+,29?,30+,31-,32-,33?,34-,35+,36-,37-,38?/m1/s1. The van der Waals surface area contributed by atoms with Gasteiger partial charge >= 0.3 is 0 Å². The molecule has 302 valence electrons. The van der Waals surface area contributed by atoms with Crippen molar-refractivity contribution in [3.63, 3.8) is 0 Å². The van der Waals surface area contributed by atoms with Gasteiger partial charge in [-0.2, -0.15) is 0 Å². The fourth-order valence-corrected chi connectivity index (χ4v) is 12.3. The Labute approximate surface area is 307 Å². The zero-order chi connectivity index (χ0) is 38.1. The highest BCUT2D eigenvalue weighted by Crippen LogP contribution is 2.70. The van der Waals surface area contributed by atoms with Crippen LogP contribution in [-0.4, -0.2) is 152 Å². The zero-order valence-corrected chi connectivity index (χ0v) is 31.6. The Balaban J connectivity index is 1.14. The van der Waals surface area contributed by atoms with Crippen LogP contribution in [0.4, 0.5) is 0 Å². The average Bonchev–Trinajstić information content (AvgIpc) is 3.52. The molecule has 4 aliphatic carbocycles. The molecule has 2 saturated heterocycles. The van der Waals surface area contributed by atoms with E-state index in [2.05, 4.69) is 13.8 Å². The van der Waals surface area contributed by atoms with Gasteiger partial charge in [0.05, 0.1) is 49.3 Å². The van der Waals surface area contributed by atoms with Crippen molar-refractivity contribution in [3.8, 4) is 0 Å². The maximum Gasteiger partial charge on any atom is 0.186 e. The molecule has 14 nitrogen and oxygen atoms in total. The summed E-state index contributed by atoms with van der Waals surface area (Å²) in [6.07, 6.45) is -8.22. The van der Waals surface area contributed by atoms with Gasteiger partial charge in [0.15, 0.2) is 12.6 Å². The maximum absolute atomic E-state index is 12.8. The molecular formula is C38H66O14. The number of aliphatic hydroxyl groups excluding tert-OH is 8. The van der Waals surface area contributed by atoms with E-state index in [1.54, 1.807) is 0 Å². The lowest BCUT2D eigenvalue weighted by Crippen LogP contribution is -2.71. The van der Waals surface area contributed by atoms with E-state index in [9.17, 15) is 46.0 Å². The minimum Gasteiger partial charge on any atom is -0.394 e. The second-order valence-electron chi connectivity index (χ2n) is 18.1. The fourth-order valence-electron chi connectivity index (χ4n) is 12.3. The van der Waals surface area contributed by atoms with Crippen LogP contribution in [0.5, 0.6) is 0 Å². The highest BCUT2D eigenvalue weighted by molar-refractivity contribution is 5.21. The Morgan fingerprint density at radius 2 is 1.50 bits per heavy atom. The quantitative estimate of drug-likeness (QED) is 0.127. The molecule has 2 aliphatic heterocycles. The minimum absolute atomic E-state index is 0.0271. The van der Waals surface area contributed by atoms with Gasteiger partial charge in [0.25, 0.3) is 0 Å². The van der Waals surface area contributed by atoms with Crippen molar-refractivity contribution in [2.45, 2.75) is 171 Å². The summed E-state index contributed by atoms with van der Waals surface area (Å²) < 4.78 is 29.0. The van der Waals surface area contributed by atoms with Crippen molar-refractivity contribution in [3.05, 3.63) is 0 Å². The van der Waals surface area contributed by atoms with Crippen molar-refractivity contribution in [2.24, 2.45) is 46.3 Å². The number of methoxy groups -OCH3 is 1. The summed E-state index contributed by atoms with van der Waals surface area (Å²) in [5.41, 5.74) is -2.39. The molecule has 0 amide bonds. The number of fused-ring (bicyclic) bond motifs is 5. The number of rotatable bonds is 11. The highest BCUT2D eigenvalue weighted by Gasteiger charge is 2.72. The van der Waals surface area contributed by atoms with Gasteiger partial charge in [-0.15, -0.1) is 0 Å². The molecule has 0 aromatic rings. The summed E-state index contributed by atoms with van der Waals surface area (Å²) in [5.74, 6) is -0.995. The first-order valence-corrected chi connectivity index (χ1v) is 19.6. The molecule has 4 saturated carbocycles. The third kappa shape index (κ3) is 6.82. The molecular weight excluding hydrogens is 680 g/mol. The van der Waals surface area contributed by atoms with Crippen LogP contribution in [0.1, 0.15) is 86.0 Å². The van der Waals surface area contributed by atoms with Crippen LogP contribution in [0, 0.1) is 46.3 Å². The summed E-state index contributed by atoms with van der Waals surface area (Å²) in [6.45, 7) is 9.90. The maximum atomic E-state index is 12.8. The van der Waals surface area contributed by atoms with Crippen LogP contribution in [0.25, 0.3) is 0 Å². The third-order valence-electron chi connectivity index (χ3n) is 14.9. The van der Waals surface area contributed by atoms with Gasteiger partial charge in [-0.25, -0.2) is 0 Å². The van der Waals surface area contributed by atoms with Gasteiger partial charge in [-0.3, -0.25) is 0 Å². The molecule has 6 rings (SSSR count). The lowest BCUT2D eigenvalue weighted by atomic mass is 9.41. The van der Waals surface area contributed by atoms with E-state index in [0.717, 1.165) is 12.8 Å². The van der Waals surface area contributed by atoms with Crippen LogP contribution in [0.2, 0.25) is 0 Å². The second-order valence-corrected chi connectivity index (χ2v) is 18.1. The molecule has 5 unspecified atom stereocenters. The Morgan fingerprint density at radius 3 is 2.13 bits per heavy atom. The Bertz CT molecular complexity index is 1210. The topological polar surface area (TPSA) is 228 Å². The molecule has 0 bridgehead atoms. The summed E-state index contributed by atoms with van der Waals surface area (Å²) in [6, 6.07) is 0. The van der Waals surface area contributed by atoms with Gasteiger partial charge in [0.1, 0.15) is 36.6 Å². The predicted molar refractivity (Wildman–Crippen MR) is 184 cm³/mol. The first-order chi connectivity index (χ1) is 24.4. The molecule has 6 aliphatic rings. The van der Waals surface area contributed by atoms with Crippen LogP contribution in [0.3, 0.4) is 0 Å². The van der Waals surface area contributed by atoms with Gasteiger partial charge < -0.3 is 69.6 Å². The Kier molecular flexibility index (Phi) is 12.2. The van der Waals surface area contributed by atoms with Crippen molar-refractivity contribution in [1.29, 1.82) is 0 Å². The molecule has 14 heteroatoms. The monoisotopic (exact) mass is 746 g/mol. The van der Waals surface area contributed by atoms with E-state index in [1.165, 1.54) is 7.11 Å². The average molecular weight is 747 g/mol. The highest BCUT2D eigenvalue weighted by atomic mass is 16.7. The molecule has 0 aromatic heterocycles. The van der Waals surface area contributed by atoms with E-state index in [0.29, 0.717) is 32.1 Å². The fraction of sp³-hybridized carbons (Fsp3) is 1.00.